The lowest BCUT2D eigenvalue weighted by molar-refractivity contribution is -0.141. The second kappa shape index (κ2) is 9.78. The molecule has 0 fully saturated rings. The van der Waals surface area contributed by atoms with Crippen LogP contribution in [0.1, 0.15) is 40.0 Å². The third-order valence-corrected chi connectivity index (χ3v) is 5.93. The normalized spacial score (nSPS) is 13.0. The number of carbonyl (C=O) groups excluding carboxylic acids is 2. The Hall–Kier alpha value is -4.14. The van der Waals surface area contributed by atoms with Crippen molar-refractivity contribution in [3.05, 3.63) is 77.2 Å². The SMILES string of the molecule is CC(CN(C)C(=O)c1conc1CNC(=O)OCC1c2ccccc2-c2ccccc21)C(=O)O. The first-order chi connectivity index (χ1) is 16.4. The van der Waals surface area contributed by atoms with E-state index in [1.807, 2.05) is 36.4 Å². The van der Waals surface area contributed by atoms with E-state index < -0.39 is 23.9 Å². The van der Waals surface area contributed by atoms with Gasteiger partial charge in [-0.3, -0.25) is 9.59 Å². The molecule has 176 valence electrons. The van der Waals surface area contributed by atoms with E-state index in [0.29, 0.717) is 0 Å². The van der Waals surface area contributed by atoms with E-state index in [1.165, 1.54) is 25.1 Å². The van der Waals surface area contributed by atoms with Crippen LogP contribution in [0.4, 0.5) is 4.79 Å². The Labute approximate surface area is 196 Å². The third-order valence-electron chi connectivity index (χ3n) is 5.93. The highest BCUT2D eigenvalue weighted by atomic mass is 16.5. The van der Waals surface area contributed by atoms with E-state index in [2.05, 4.69) is 22.6 Å². The molecule has 0 spiro atoms. The molecule has 2 aromatic carbocycles. The molecule has 1 heterocycles. The summed E-state index contributed by atoms with van der Waals surface area (Å²) >= 11 is 0. The Kier molecular flexibility index (Phi) is 6.62. The van der Waals surface area contributed by atoms with Gasteiger partial charge < -0.3 is 24.6 Å². The van der Waals surface area contributed by atoms with Gasteiger partial charge in [0.15, 0.2) is 0 Å². The van der Waals surface area contributed by atoms with Gasteiger partial charge >= 0.3 is 12.1 Å². The number of rotatable bonds is 8. The number of carboxylic acids is 1. The number of nitrogens with one attached hydrogen (secondary N) is 1. The topological polar surface area (TPSA) is 122 Å². The number of carbonyl (C=O) groups is 3. The molecule has 9 heteroatoms. The van der Waals surface area contributed by atoms with Crippen LogP contribution in [-0.2, 0) is 16.1 Å². The first-order valence-electron chi connectivity index (χ1n) is 10.9. The van der Waals surface area contributed by atoms with Crippen molar-refractivity contribution in [2.24, 2.45) is 5.92 Å². The van der Waals surface area contributed by atoms with Gasteiger partial charge in [-0.15, -0.1) is 0 Å². The predicted octanol–water partition coefficient (Wildman–Crippen LogP) is 3.51. The molecule has 0 aliphatic heterocycles. The minimum atomic E-state index is -0.998. The molecule has 1 aliphatic carbocycles. The second-order valence-corrected chi connectivity index (χ2v) is 8.28. The minimum Gasteiger partial charge on any atom is -0.481 e. The van der Waals surface area contributed by atoms with Gasteiger partial charge in [-0.05, 0) is 22.3 Å². The van der Waals surface area contributed by atoms with Crippen molar-refractivity contribution in [3.8, 4) is 11.1 Å². The number of hydrogen-bond donors (Lipinski definition) is 2. The number of carboxylic acid groups (broad SMARTS) is 1. The maximum Gasteiger partial charge on any atom is 0.407 e. The zero-order valence-corrected chi connectivity index (χ0v) is 18.9. The molecule has 3 aromatic rings. The number of hydrogen-bond acceptors (Lipinski definition) is 6. The van der Waals surface area contributed by atoms with Crippen LogP contribution in [0.5, 0.6) is 0 Å². The van der Waals surface area contributed by atoms with Crippen molar-refractivity contribution in [2.75, 3.05) is 20.2 Å². The van der Waals surface area contributed by atoms with Crippen LogP contribution in [0, 0.1) is 5.92 Å². The molecular formula is C25H25N3O6. The lowest BCUT2D eigenvalue weighted by atomic mass is 9.98. The summed E-state index contributed by atoms with van der Waals surface area (Å²) in [4.78, 5) is 37.4. The van der Waals surface area contributed by atoms with E-state index in [-0.39, 0.29) is 36.9 Å². The minimum absolute atomic E-state index is 0.0264. The molecule has 1 unspecified atom stereocenters. The molecule has 0 bridgehead atoms. The summed E-state index contributed by atoms with van der Waals surface area (Å²) in [6, 6.07) is 16.1. The van der Waals surface area contributed by atoms with Crippen LogP contribution in [0.15, 0.2) is 59.3 Å². The van der Waals surface area contributed by atoms with Crippen molar-refractivity contribution in [3.63, 3.8) is 0 Å². The fourth-order valence-corrected chi connectivity index (χ4v) is 4.14. The monoisotopic (exact) mass is 463 g/mol. The molecule has 2 N–H and O–H groups in total. The number of nitrogens with zero attached hydrogens (tertiary/aromatic N) is 2. The number of fused-ring (bicyclic) bond motifs is 3. The molecule has 1 aromatic heterocycles. The maximum absolute atomic E-state index is 12.7. The van der Waals surface area contributed by atoms with Crippen LogP contribution in [0.2, 0.25) is 0 Å². The van der Waals surface area contributed by atoms with E-state index in [9.17, 15) is 14.4 Å². The van der Waals surface area contributed by atoms with Crippen LogP contribution in [0.3, 0.4) is 0 Å². The van der Waals surface area contributed by atoms with E-state index >= 15 is 0 Å². The summed E-state index contributed by atoms with van der Waals surface area (Å²) in [5, 5.41) is 15.4. The summed E-state index contributed by atoms with van der Waals surface area (Å²) in [7, 11) is 1.50. The fraction of sp³-hybridized carbons (Fsp3) is 0.280. The highest BCUT2D eigenvalue weighted by Gasteiger charge is 2.29. The average Bonchev–Trinajstić information content (AvgIpc) is 3.43. The van der Waals surface area contributed by atoms with Gasteiger partial charge in [-0.1, -0.05) is 60.6 Å². The van der Waals surface area contributed by atoms with Crippen molar-refractivity contribution in [1.82, 2.24) is 15.4 Å². The highest BCUT2D eigenvalue weighted by Crippen LogP contribution is 2.44. The molecule has 0 radical (unpaired) electrons. The summed E-state index contributed by atoms with van der Waals surface area (Å²) < 4.78 is 10.4. The Balaban J connectivity index is 1.35. The standard InChI is InChI=1S/C25H25N3O6/c1-15(24(30)31)12-28(2)23(29)21-14-34-27-22(21)11-26-25(32)33-13-20-18-9-5-3-7-16(18)17-8-4-6-10-19(17)20/h3-10,14-15,20H,11-13H2,1-2H3,(H,26,32)(H,30,31). The summed E-state index contributed by atoms with van der Waals surface area (Å²) in [5.74, 6) is -2.23. The largest absolute Gasteiger partial charge is 0.481 e. The third kappa shape index (κ3) is 4.63. The van der Waals surface area contributed by atoms with Gasteiger partial charge in [0.05, 0.1) is 12.5 Å². The smallest absolute Gasteiger partial charge is 0.407 e. The number of benzene rings is 2. The Morgan fingerprint density at radius 3 is 2.35 bits per heavy atom. The zero-order chi connectivity index (χ0) is 24.2. The van der Waals surface area contributed by atoms with E-state index in [0.717, 1.165) is 22.3 Å². The molecule has 1 aliphatic rings. The Bertz CT molecular complexity index is 1180. The molecule has 9 nitrogen and oxygen atoms in total. The van der Waals surface area contributed by atoms with Gasteiger partial charge in [-0.2, -0.15) is 0 Å². The number of alkyl carbamates (subject to hydrolysis) is 1. The summed E-state index contributed by atoms with van der Waals surface area (Å²) in [5.41, 5.74) is 4.88. The van der Waals surface area contributed by atoms with Gasteiger partial charge in [0.2, 0.25) is 0 Å². The molecule has 2 amide bonds. The van der Waals surface area contributed by atoms with Gasteiger partial charge in [0.1, 0.15) is 24.1 Å². The Morgan fingerprint density at radius 1 is 1.12 bits per heavy atom. The maximum atomic E-state index is 12.7. The molecule has 34 heavy (non-hydrogen) atoms. The van der Waals surface area contributed by atoms with Gasteiger partial charge in [0.25, 0.3) is 5.91 Å². The average molecular weight is 463 g/mol. The molecule has 1 atom stereocenters. The van der Waals surface area contributed by atoms with Crippen LogP contribution < -0.4 is 5.32 Å². The van der Waals surface area contributed by atoms with E-state index in [1.54, 1.807) is 0 Å². The van der Waals surface area contributed by atoms with Crippen LogP contribution in [-0.4, -0.2) is 53.3 Å². The highest BCUT2D eigenvalue weighted by molar-refractivity contribution is 5.95. The van der Waals surface area contributed by atoms with E-state index in [4.69, 9.17) is 14.4 Å². The van der Waals surface area contributed by atoms with Crippen molar-refractivity contribution in [2.45, 2.75) is 19.4 Å². The number of aliphatic carboxylic acids is 1. The first-order valence-corrected chi connectivity index (χ1v) is 10.9. The summed E-state index contributed by atoms with van der Waals surface area (Å²) in [6.07, 6.45) is 0.537. The lowest BCUT2D eigenvalue weighted by Crippen LogP contribution is -2.34. The number of aromatic nitrogens is 1. The van der Waals surface area contributed by atoms with Crippen molar-refractivity contribution >= 4 is 18.0 Å². The summed E-state index contributed by atoms with van der Waals surface area (Å²) in [6.45, 7) is 1.63. The van der Waals surface area contributed by atoms with Crippen molar-refractivity contribution in [1.29, 1.82) is 0 Å². The fourth-order valence-electron chi connectivity index (χ4n) is 4.14. The molecule has 0 saturated heterocycles. The first kappa shape index (κ1) is 23.0. The quantitative estimate of drug-likeness (QED) is 0.524. The predicted molar refractivity (Wildman–Crippen MR) is 122 cm³/mol. The lowest BCUT2D eigenvalue weighted by Gasteiger charge is -2.19. The number of amides is 2. The molecule has 4 rings (SSSR count). The van der Waals surface area contributed by atoms with Gasteiger partial charge in [0, 0.05) is 19.5 Å². The molecule has 0 saturated carbocycles. The van der Waals surface area contributed by atoms with Crippen LogP contribution >= 0.6 is 0 Å². The second-order valence-electron chi connectivity index (χ2n) is 8.28. The zero-order valence-electron chi connectivity index (χ0n) is 18.9. The van der Waals surface area contributed by atoms with Gasteiger partial charge in [-0.25, -0.2) is 4.79 Å². The van der Waals surface area contributed by atoms with Crippen LogP contribution in [0.25, 0.3) is 11.1 Å². The Morgan fingerprint density at radius 2 is 1.74 bits per heavy atom. The van der Waals surface area contributed by atoms with Crippen molar-refractivity contribution < 1.29 is 28.8 Å². The number of ether oxygens (including phenoxy) is 1. The molecular weight excluding hydrogens is 438 g/mol.